The highest BCUT2D eigenvalue weighted by atomic mass is 35.5. The topological polar surface area (TPSA) is 17.8 Å². The lowest BCUT2D eigenvalue weighted by molar-refractivity contribution is 0.830. The minimum atomic E-state index is 0.469. The first-order valence-corrected chi connectivity index (χ1v) is 7.02. The summed E-state index contributed by atoms with van der Waals surface area (Å²) in [5.41, 5.74) is 4.42. The van der Waals surface area contributed by atoms with Crippen molar-refractivity contribution >= 4 is 23.2 Å². The zero-order chi connectivity index (χ0) is 12.7. The van der Waals surface area contributed by atoms with E-state index in [0.29, 0.717) is 16.8 Å². The molecule has 0 spiro atoms. The molecule has 1 heterocycles. The Hall–Kier alpha value is -0.990. The normalized spacial score (nSPS) is 15.1. The second kappa shape index (κ2) is 4.60. The monoisotopic (exact) mass is 280 g/mol. The number of halogens is 2. The van der Waals surface area contributed by atoms with Gasteiger partial charge in [-0.2, -0.15) is 5.10 Å². The van der Waals surface area contributed by atoms with Crippen LogP contribution in [-0.2, 0) is 5.88 Å². The van der Waals surface area contributed by atoms with Crippen molar-refractivity contribution in [2.75, 3.05) is 0 Å². The molecule has 1 aliphatic rings. The van der Waals surface area contributed by atoms with Gasteiger partial charge in [0, 0.05) is 0 Å². The summed E-state index contributed by atoms with van der Waals surface area (Å²) in [7, 11) is 0. The molecule has 0 radical (unpaired) electrons. The van der Waals surface area contributed by atoms with Gasteiger partial charge in [0.2, 0.25) is 0 Å². The van der Waals surface area contributed by atoms with Gasteiger partial charge in [0.15, 0.2) is 0 Å². The van der Waals surface area contributed by atoms with Crippen LogP contribution in [0, 0.1) is 6.92 Å². The van der Waals surface area contributed by atoms with E-state index in [9.17, 15) is 0 Å². The molecule has 2 nitrogen and oxygen atoms in total. The number of nitrogens with zero attached hydrogens (tertiary/aromatic N) is 2. The van der Waals surface area contributed by atoms with Crippen LogP contribution in [0.1, 0.15) is 35.6 Å². The molecular weight excluding hydrogens is 267 g/mol. The summed E-state index contributed by atoms with van der Waals surface area (Å²) in [6.07, 6.45) is 4.44. The Kier molecular flexibility index (Phi) is 3.08. The number of hydrogen-bond acceptors (Lipinski definition) is 1. The van der Waals surface area contributed by atoms with Gasteiger partial charge in [0.05, 0.1) is 28.5 Å². The molecule has 1 aromatic carbocycles. The van der Waals surface area contributed by atoms with Crippen molar-refractivity contribution < 1.29 is 0 Å². The summed E-state index contributed by atoms with van der Waals surface area (Å²) < 4.78 is 1.90. The van der Waals surface area contributed by atoms with Gasteiger partial charge in [0.1, 0.15) is 0 Å². The van der Waals surface area contributed by atoms with Gasteiger partial charge in [0.25, 0.3) is 0 Å². The maximum atomic E-state index is 6.29. The molecule has 3 rings (SSSR count). The molecule has 0 atom stereocenters. The average Bonchev–Trinajstić information content (AvgIpc) is 3.10. The number of aromatic nitrogens is 2. The zero-order valence-electron chi connectivity index (χ0n) is 10.2. The first-order valence-electron chi connectivity index (χ1n) is 6.10. The van der Waals surface area contributed by atoms with Crippen LogP contribution in [0.25, 0.3) is 5.69 Å². The second-order valence-electron chi connectivity index (χ2n) is 4.77. The Morgan fingerprint density at radius 1 is 1.39 bits per heavy atom. The van der Waals surface area contributed by atoms with Crippen molar-refractivity contribution in [3.8, 4) is 5.69 Å². The third kappa shape index (κ3) is 1.94. The van der Waals surface area contributed by atoms with E-state index in [1.165, 1.54) is 18.4 Å². The molecular formula is C14H14Cl2N2. The average molecular weight is 281 g/mol. The van der Waals surface area contributed by atoms with E-state index >= 15 is 0 Å². The third-order valence-corrected chi connectivity index (χ3v) is 4.00. The molecule has 1 fully saturated rings. The number of para-hydroxylation sites is 1. The van der Waals surface area contributed by atoms with Crippen molar-refractivity contribution in [3.63, 3.8) is 0 Å². The predicted molar refractivity (Wildman–Crippen MR) is 74.8 cm³/mol. The fraction of sp³-hybridized carbons (Fsp3) is 0.357. The van der Waals surface area contributed by atoms with E-state index in [1.807, 2.05) is 36.0 Å². The lowest BCUT2D eigenvalue weighted by Gasteiger charge is -2.11. The Labute approximate surface area is 117 Å². The highest BCUT2D eigenvalue weighted by Crippen LogP contribution is 2.42. The van der Waals surface area contributed by atoms with Crippen LogP contribution < -0.4 is 0 Å². The van der Waals surface area contributed by atoms with Crippen molar-refractivity contribution in [1.29, 1.82) is 0 Å². The molecule has 1 aliphatic carbocycles. The van der Waals surface area contributed by atoms with Crippen molar-refractivity contribution in [1.82, 2.24) is 9.78 Å². The van der Waals surface area contributed by atoms with Crippen molar-refractivity contribution in [2.24, 2.45) is 0 Å². The summed E-state index contributed by atoms with van der Waals surface area (Å²) in [6, 6.07) is 5.88. The Morgan fingerprint density at radius 3 is 2.78 bits per heavy atom. The number of rotatable bonds is 3. The van der Waals surface area contributed by atoms with Crippen molar-refractivity contribution in [2.45, 2.75) is 31.6 Å². The predicted octanol–water partition coefficient (Wildman–Crippen LogP) is 4.45. The van der Waals surface area contributed by atoms with Crippen LogP contribution in [0.2, 0.25) is 5.02 Å². The molecule has 1 saturated carbocycles. The zero-order valence-corrected chi connectivity index (χ0v) is 11.7. The Balaban J connectivity index is 2.16. The molecule has 0 bridgehead atoms. The van der Waals surface area contributed by atoms with Gasteiger partial charge < -0.3 is 0 Å². The molecule has 18 heavy (non-hydrogen) atoms. The minimum absolute atomic E-state index is 0.469. The van der Waals surface area contributed by atoms with Crippen LogP contribution in [0.15, 0.2) is 24.4 Å². The van der Waals surface area contributed by atoms with E-state index in [0.717, 1.165) is 16.9 Å². The third-order valence-electron chi connectivity index (χ3n) is 3.45. The van der Waals surface area contributed by atoms with Gasteiger partial charge >= 0.3 is 0 Å². The summed E-state index contributed by atoms with van der Waals surface area (Å²) in [5, 5.41) is 5.20. The quantitative estimate of drug-likeness (QED) is 0.760. The SMILES string of the molecule is Cc1cccc(Cl)c1-n1ncc(C2CC2)c1CCl. The summed E-state index contributed by atoms with van der Waals surface area (Å²) in [6.45, 7) is 2.04. The fourth-order valence-corrected chi connectivity index (χ4v) is 2.91. The van der Waals surface area contributed by atoms with E-state index in [-0.39, 0.29) is 0 Å². The van der Waals surface area contributed by atoms with Crippen LogP contribution in [-0.4, -0.2) is 9.78 Å². The van der Waals surface area contributed by atoms with Crippen LogP contribution in [0.4, 0.5) is 0 Å². The first kappa shape index (κ1) is 12.1. The number of alkyl halides is 1. The number of hydrogen-bond donors (Lipinski definition) is 0. The highest BCUT2D eigenvalue weighted by Gasteiger charge is 2.29. The van der Waals surface area contributed by atoms with E-state index in [1.54, 1.807) is 0 Å². The molecule has 0 aliphatic heterocycles. The minimum Gasteiger partial charge on any atom is -0.235 e. The maximum absolute atomic E-state index is 6.29. The van der Waals surface area contributed by atoms with E-state index in [4.69, 9.17) is 23.2 Å². The lowest BCUT2D eigenvalue weighted by atomic mass is 10.1. The number of aryl methyl sites for hydroxylation is 1. The molecule has 1 aromatic heterocycles. The Bertz CT molecular complexity index is 565. The number of benzene rings is 1. The molecule has 2 aromatic rings. The maximum Gasteiger partial charge on any atom is 0.0864 e. The molecule has 94 valence electrons. The molecule has 4 heteroatoms. The highest BCUT2D eigenvalue weighted by molar-refractivity contribution is 6.32. The molecule has 0 N–H and O–H groups in total. The van der Waals surface area contributed by atoms with E-state index < -0.39 is 0 Å². The fourth-order valence-electron chi connectivity index (χ4n) is 2.34. The smallest absolute Gasteiger partial charge is 0.0864 e. The van der Waals surface area contributed by atoms with Gasteiger partial charge in [-0.3, -0.25) is 0 Å². The van der Waals surface area contributed by atoms with Gasteiger partial charge in [-0.05, 0) is 42.9 Å². The summed E-state index contributed by atoms with van der Waals surface area (Å²) in [4.78, 5) is 0. The molecule has 0 unspecified atom stereocenters. The Morgan fingerprint density at radius 2 is 2.17 bits per heavy atom. The molecule has 0 amide bonds. The van der Waals surface area contributed by atoms with Crippen LogP contribution in [0.3, 0.4) is 0 Å². The van der Waals surface area contributed by atoms with Gasteiger partial charge in [-0.25, -0.2) is 4.68 Å². The van der Waals surface area contributed by atoms with Gasteiger partial charge in [-0.15, -0.1) is 11.6 Å². The first-order chi connectivity index (χ1) is 8.72. The van der Waals surface area contributed by atoms with Crippen LogP contribution >= 0.6 is 23.2 Å². The largest absolute Gasteiger partial charge is 0.235 e. The van der Waals surface area contributed by atoms with Crippen LogP contribution in [0.5, 0.6) is 0 Å². The summed E-state index contributed by atoms with van der Waals surface area (Å²) in [5.74, 6) is 1.12. The van der Waals surface area contributed by atoms with E-state index in [2.05, 4.69) is 5.10 Å². The van der Waals surface area contributed by atoms with Gasteiger partial charge in [-0.1, -0.05) is 23.7 Å². The summed E-state index contributed by atoms with van der Waals surface area (Å²) >= 11 is 12.4. The van der Waals surface area contributed by atoms with Crippen molar-refractivity contribution in [3.05, 3.63) is 46.2 Å². The second-order valence-corrected chi connectivity index (χ2v) is 5.45. The standard InChI is InChI=1S/C14H14Cl2N2/c1-9-3-2-4-12(16)14(9)18-13(7-15)11(8-17-18)10-5-6-10/h2-4,8,10H,5-7H2,1H3. The molecule has 0 saturated heterocycles. The lowest BCUT2D eigenvalue weighted by Crippen LogP contribution is -2.04.